The molecule has 2 saturated carbocycles. The number of halogens is 1. The molecule has 2 aliphatic carbocycles. The van der Waals surface area contributed by atoms with Gasteiger partial charge in [0.05, 0.1) is 0 Å². The van der Waals surface area contributed by atoms with Gasteiger partial charge in [0.1, 0.15) is 11.9 Å². The van der Waals surface area contributed by atoms with Gasteiger partial charge in [-0.3, -0.25) is 4.79 Å². The van der Waals surface area contributed by atoms with Gasteiger partial charge in [-0.1, -0.05) is 50.7 Å². The molecule has 4 atom stereocenters. The molecule has 40 heavy (non-hydrogen) atoms. The molecule has 1 saturated heterocycles. The molecule has 2 bridgehead atoms. The largest absolute Gasteiger partial charge is 0.373 e. The van der Waals surface area contributed by atoms with Crippen molar-refractivity contribution in [2.75, 3.05) is 42.7 Å². The third-order valence-corrected chi connectivity index (χ3v) is 10.4. The average molecular weight is 547 g/mol. The maximum absolute atomic E-state index is 15.4. The number of piperidine rings is 1. The van der Waals surface area contributed by atoms with E-state index in [-0.39, 0.29) is 17.6 Å². The van der Waals surface area contributed by atoms with E-state index in [2.05, 4.69) is 52.7 Å². The summed E-state index contributed by atoms with van der Waals surface area (Å²) in [6.45, 7) is 4.15. The highest BCUT2D eigenvalue weighted by Gasteiger charge is 2.45. The van der Waals surface area contributed by atoms with Crippen LogP contribution in [0.1, 0.15) is 81.3 Å². The first-order valence-electron chi connectivity index (χ1n) is 15.8. The molecular weight excluding hydrogens is 499 g/mol. The van der Waals surface area contributed by atoms with Gasteiger partial charge in [-0.05, 0) is 94.3 Å². The molecule has 4 aliphatic rings. The zero-order valence-electron chi connectivity index (χ0n) is 24.6. The monoisotopic (exact) mass is 546 g/mol. The predicted octanol–water partition coefficient (Wildman–Crippen LogP) is 7.18. The minimum absolute atomic E-state index is 0.0524. The van der Waals surface area contributed by atoms with Crippen LogP contribution >= 0.6 is 0 Å². The summed E-state index contributed by atoms with van der Waals surface area (Å²) < 4.78 is 15.4. The van der Waals surface area contributed by atoms with E-state index in [1.807, 2.05) is 19.1 Å². The zero-order valence-corrected chi connectivity index (χ0v) is 24.6. The van der Waals surface area contributed by atoms with Crippen LogP contribution in [0.15, 0.2) is 36.4 Å². The molecule has 3 fully saturated rings. The number of hydrogen-bond donors (Lipinski definition) is 2. The molecule has 1 amide bonds. The van der Waals surface area contributed by atoms with E-state index in [0.717, 1.165) is 61.3 Å². The Hall–Kier alpha value is -2.60. The quantitative estimate of drug-likeness (QED) is 0.417. The maximum Gasteiger partial charge on any atom is 0.247 e. The summed E-state index contributed by atoms with van der Waals surface area (Å²) in [5.74, 6) is 1.32. The number of anilines is 3. The third kappa shape index (κ3) is 5.36. The van der Waals surface area contributed by atoms with Crippen molar-refractivity contribution in [2.24, 2.45) is 17.8 Å². The Bertz CT molecular complexity index is 1190. The molecule has 0 radical (unpaired) electrons. The summed E-state index contributed by atoms with van der Waals surface area (Å²) in [6.07, 6.45) is 12.1. The second-order valence-electron chi connectivity index (χ2n) is 13.3. The number of hydrogen-bond acceptors (Lipinski definition) is 4. The summed E-state index contributed by atoms with van der Waals surface area (Å²) in [5.41, 5.74) is 4.59. The van der Waals surface area contributed by atoms with E-state index in [1.165, 1.54) is 44.2 Å². The van der Waals surface area contributed by atoms with Crippen LogP contribution in [0.2, 0.25) is 0 Å². The number of carbonyl (C=O) groups excluding carboxylic acids is 1. The van der Waals surface area contributed by atoms with Gasteiger partial charge in [-0.15, -0.1) is 0 Å². The fraction of sp³-hybridized carbons (Fsp3) is 0.618. The molecule has 5 nitrogen and oxygen atoms in total. The lowest BCUT2D eigenvalue weighted by Crippen LogP contribution is -2.50. The normalized spacial score (nSPS) is 28.9. The molecular formula is C34H47FN4O. The SMILES string of the molecule is Cc1ccc(F)c2c1NC(C(=O)Nc1cccc(N3CC4CCC(C3)C4N(C)C)c1)C2C1CCCCCCCC1. The van der Waals surface area contributed by atoms with E-state index >= 15 is 4.39 Å². The van der Waals surface area contributed by atoms with Crippen LogP contribution in [-0.2, 0) is 4.79 Å². The highest BCUT2D eigenvalue weighted by Crippen LogP contribution is 2.47. The van der Waals surface area contributed by atoms with E-state index < -0.39 is 6.04 Å². The molecule has 6 heteroatoms. The standard InChI is InChI=1S/C34H47FN4O/c1-22-15-18-28(35)30-29(23-11-8-6-4-5-7-9-12-23)32(37-31(22)30)34(40)36-26-13-10-14-27(19-26)39-20-24-16-17-25(21-39)33(24)38(2)3/h10,13-15,18-19,23-25,29,32-33,37H,4-9,11-12,16-17,20-21H2,1-3H3,(H,36,40). The van der Waals surface area contributed by atoms with E-state index in [4.69, 9.17) is 0 Å². The summed E-state index contributed by atoms with van der Waals surface area (Å²) in [7, 11) is 4.44. The van der Waals surface area contributed by atoms with Crippen molar-refractivity contribution in [1.29, 1.82) is 0 Å². The molecule has 2 aliphatic heterocycles. The van der Waals surface area contributed by atoms with E-state index in [1.54, 1.807) is 6.07 Å². The lowest BCUT2D eigenvalue weighted by atomic mass is 9.77. The zero-order chi connectivity index (χ0) is 27.8. The van der Waals surface area contributed by atoms with Gasteiger partial charge in [0.2, 0.25) is 5.91 Å². The molecule has 2 N–H and O–H groups in total. The second-order valence-corrected chi connectivity index (χ2v) is 13.3. The fourth-order valence-corrected chi connectivity index (χ4v) is 8.64. The molecule has 2 aromatic carbocycles. The van der Waals surface area contributed by atoms with Gasteiger partial charge >= 0.3 is 0 Å². The number of nitrogens with one attached hydrogen (secondary N) is 2. The van der Waals surface area contributed by atoms with Gasteiger partial charge in [-0.2, -0.15) is 0 Å². The Labute approximate surface area is 239 Å². The van der Waals surface area contributed by atoms with Gasteiger partial charge in [0, 0.05) is 47.7 Å². The van der Waals surface area contributed by atoms with Crippen LogP contribution < -0.4 is 15.5 Å². The predicted molar refractivity (Wildman–Crippen MR) is 163 cm³/mol. The number of nitrogens with zero attached hydrogens (tertiary/aromatic N) is 2. The maximum atomic E-state index is 15.4. The number of carbonyl (C=O) groups is 1. The van der Waals surface area contributed by atoms with E-state index in [9.17, 15) is 4.79 Å². The molecule has 2 aromatic rings. The van der Waals surface area contributed by atoms with Gasteiger partial charge in [0.25, 0.3) is 0 Å². The van der Waals surface area contributed by atoms with Crippen LogP contribution in [0, 0.1) is 30.5 Å². The van der Waals surface area contributed by atoms with Gasteiger partial charge in [-0.25, -0.2) is 4.39 Å². The van der Waals surface area contributed by atoms with Crippen LogP contribution in [-0.4, -0.2) is 50.1 Å². The number of benzene rings is 2. The minimum Gasteiger partial charge on any atom is -0.373 e. The van der Waals surface area contributed by atoms with Crippen LogP contribution in [0.3, 0.4) is 0 Å². The first kappa shape index (κ1) is 27.6. The highest BCUT2D eigenvalue weighted by molar-refractivity contribution is 5.99. The van der Waals surface area contributed by atoms with E-state index in [0.29, 0.717) is 23.8 Å². The van der Waals surface area contributed by atoms with Crippen molar-refractivity contribution in [1.82, 2.24) is 4.90 Å². The molecule has 2 heterocycles. The molecule has 6 rings (SSSR count). The molecule has 0 spiro atoms. The number of rotatable bonds is 5. The van der Waals surface area contributed by atoms with Gasteiger partial charge in [0.15, 0.2) is 0 Å². The second kappa shape index (κ2) is 11.7. The van der Waals surface area contributed by atoms with Crippen molar-refractivity contribution in [3.05, 3.63) is 53.3 Å². The first-order valence-corrected chi connectivity index (χ1v) is 15.8. The number of aryl methyl sites for hydroxylation is 1. The highest BCUT2D eigenvalue weighted by atomic mass is 19.1. The first-order chi connectivity index (χ1) is 19.4. The Morgan fingerprint density at radius 2 is 1.60 bits per heavy atom. The molecule has 4 unspecified atom stereocenters. The lowest BCUT2D eigenvalue weighted by Gasteiger charge is -2.42. The number of fused-ring (bicyclic) bond motifs is 3. The summed E-state index contributed by atoms with van der Waals surface area (Å²) >= 11 is 0. The van der Waals surface area contributed by atoms with Crippen molar-refractivity contribution in [3.8, 4) is 0 Å². The third-order valence-electron chi connectivity index (χ3n) is 10.4. The van der Waals surface area contributed by atoms with Crippen LogP contribution in [0.5, 0.6) is 0 Å². The Morgan fingerprint density at radius 1 is 0.925 bits per heavy atom. The van der Waals surface area contributed by atoms with Crippen molar-refractivity contribution >= 4 is 23.0 Å². The average Bonchev–Trinajstić information content (AvgIpc) is 3.51. The summed E-state index contributed by atoms with van der Waals surface area (Å²) in [6, 6.07) is 12.0. The lowest BCUT2D eigenvalue weighted by molar-refractivity contribution is -0.117. The van der Waals surface area contributed by atoms with Crippen molar-refractivity contribution < 1.29 is 9.18 Å². The molecule has 216 valence electrons. The van der Waals surface area contributed by atoms with Gasteiger partial charge < -0.3 is 20.4 Å². The van der Waals surface area contributed by atoms with Crippen LogP contribution in [0.4, 0.5) is 21.5 Å². The number of amides is 1. The summed E-state index contributed by atoms with van der Waals surface area (Å²) in [4.78, 5) is 18.9. The minimum atomic E-state index is -0.466. The topological polar surface area (TPSA) is 47.6 Å². The smallest absolute Gasteiger partial charge is 0.247 e. The molecule has 0 aromatic heterocycles. The fourth-order valence-electron chi connectivity index (χ4n) is 8.64. The Balaban J connectivity index is 1.22. The Kier molecular flexibility index (Phi) is 8.07. The summed E-state index contributed by atoms with van der Waals surface area (Å²) in [5, 5.41) is 6.76. The van der Waals surface area contributed by atoms with Crippen molar-refractivity contribution in [2.45, 2.75) is 89.1 Å². The Morgan fingerprint density at radius 3 is 2.27 bits per heavy atom. The van der Waals surface area contributed by atoms with Crippen LogP contribution in [0.25, 0.3) is 0 Å². The van der Waals surface area contributed by atoms with Crippen molar-refractivity contribution in [3.63, 3.8) is 0 Å².